The minimum atomic E-state index is -0.319. The number of anilines is 1. The van der Waals surface area contributed by atoms with Gasteiger partial charge >= 0.3 is 0 Å². The van der Waals surface area contributed by atoms with Gasteiger partial charge in [0.25, 0.3) is 5.91 Å². The summed E-state index contributed by atoms with van der Waals surface area (Å²) in [7, 11) is 0. The Kier molecular flexibility index (Phi) is 4.83. The van der Waals surface area contributed by atoms with Crippen LogP contribution in [0.2, 0.25) is 5.02 Å². The molecule has 1 amide bonds. The van der Waals surface area contributed by atoms with Gasteiger partial charge < -0.3 is 11.1 Å². The number of amides is 1. The van der Waals surface area contributed by atoms with E-state index < -0.39 is 0 Å². The summed E-state index contributed by atoms with van der Waals surface area (Å²) in [4.78, 5) is 16.9. The van der Waals surface area contributed by atoms with Crippen LogP contribution in [0.4, 0.5) is 5.69 Å². The molecule has 0 fully saturated rings. The molecule has 1 atom stereocenters. The normalized spacial score (nSPS) is 20.3. The number of hydrogen-bond acceptors (Lipinski definition) is 4. The third-order valence-electron chi connectivity index (χ3n) is 4.07. The minimum absolute atomic E-state index is 0.156. The molecule has 0 aliphatic carbocycles. The van der Waals surface area contributed by atoms with Gasteiger partial charge in [-0.25, -0.2) is 0 Å². The van der Waals surface area contributed by atoms with Crippen LogP contribution in [-0.4, -0.2) is 16.8 Å². The first-order valence-electron chi connectivity index (χ1n) is 7.62. The van der Waals surface area contributed by atoms with Crippen molar-refractivity contribution >= 4 is 40.1 Å². The van der Waals surface area contributed by atoms with Crippen LogP contribution in [0, 0.1) is 0 Å². The molecule has 0 saturated heterocycles. The average Bonchev–Trinajstić information content (AvgIpc) is 2.57. The van der Waals surface area contributed by atoms with E-state index >= 15 is 0 Å². The highest BCUT2D eigenvalue weighted by Gasteiger charge is 2.29. The zero-order chi connectivity index (χ0) is 17.2. The fraction of sp³-hybridized carbons (Fsp3) is 0.222. The van der Waals surface area contributed by atoms with Gasteiger partial charge in [-0.2, -0.15) is 0 Å². The molecule has 3 N–H and O–H groups in total. The number of rotatable bonds is 3. The van der Waals surface area contributed by atoms with Gasteiger partial charge in [-0.15, -0.1) is 0 Å². The van der Waals surface area contributed by atoms with Crippen molar-refractivity contribution in [1.82, 2.24) is 0 Å². The summed E-state index contributed by atoms with van der Waals surface area (Å²) in [5.74, 6) is 0.793. The van der Waals surface area contributed by atoms with E-state index in [1.165, 1.54) is 0 Å². The van der Waals surface area contributed by atoms with E-state index in [1.54, 1.807) is 36.0 Å². The molecule has 0 aromatic heterocycles. The Morgan fingerprint density at radius 1 is 1.21 bits per heavy atom. The SMILES string of the molecule is CC1(c2ccc(C(=O)Nc3ccc(Cl)cc3)cc2)CCSC(N)=N1. The minimum Gasteiger partial charge on any atom is -0.379 e. The van der Waals surface area contributed by atoms with Crippen molar-refractivity contribution < 1.29 is 4.79 Å². The van der Waals surface area contributed by atoms with E-state index in [0.717, 1.165) is 17.7 Å². The van der Waals surface area contributed by atoms with Crippen LogP contribution in [0.3, 0.4) is 0 Å². The molecule has 1 aliphatic heterocycles. The second-order valence-electron chi connectivity index (χ2n) is 5.86. The second-order valence-corrected chi connectivity index (χ2v) is 7.41. The van der Waals surface area contributed by atoms with Gasteiger partial charge in [-0.3, -0.25) is 9.79 Å². The Morgan fingerprint density at radius 2 is 1.88 bits per heavy atom. The molecular weight excluding hydrogens is 342 g/mol. The lowest BCUT2D eigenvalue weighted by Gasteiger charge is -2.29. The highest BCUT2D eigenvalue weighted by Crippen LogP contribution is 2.35. The van der Waals surface area contributed by atoms with Crippen LogP contribution in [-0.2, 0) is 5.54 Å². The monoisotopic (exact) mass is 359 g/mol. The maximum atomic E-state index is 12.3. The van der Waals surface area contributed by atoms with Crippen LogP contribution < -0.4 is 11.1 Å². The zero-order valence-electron chi connectivity index (χ0n) is 13.3. The lowest BCUT2D eigenvalue weighted by atomic mass is 9.89. The third kappa shape index (κ3) is 3.74. The van der Waals surface area contributed by atoms with Crippen LogP contribution in [0.5, 0.6) is 0 Å². The molecule has 0 radical (unpaired) electrons. The predicted molar refractivity (Wildman–Crippen MR) is 102 cm³/mol. The molecular formula is C18H18ClN3OS. The first-order valence-corrected chi connectivity index (χ1v) is 8.98. The van der Waals surface area contributed by atoms with Gasteiger partial charge in [-0.1, -0.05) is 35.5 Å². The number of nitrogens with two attached hydrogens (primary N) is 1. The number of hydrogen-bond donors (Lipinski definition) is 2. The Morgan fingerprint density at radius 3 is 2.50 bits per heavy atom. The molecule has 3 rings (SSSR count). The lowest BCUT2D eigenvalue weighted by molar-refractivity contribution is 0.102. The summed E-state index contributed by atoms with van der Waals surface area (Å²) in [5, 5.41) is 4.11. The van der Waals surface area contributed by atoms with E-state index in [2.05, 4.69) is 17.2 Å². The number of nitrogens with zero attached hydrogens (tertiary/aromatic N) is 1. The van der Waals surface area contributed by atoms with Crippen molar-refractivity contribution in [2.24, 2.45) is 10.7 Å². The standard InChI is InChI=1S/C18H18ClN3OS/c1-18(10-11-24-17(20)22-18)13-4-2-12(3-5-13)16(23)21-15-8-6-14(19)7-9-15/h2-9H,10-11H2,1H3,(H2,20,22)(H,21,23). The molecule has 1 heterocycles. The Hall–Kier alpha value is -1.98. The number of amidine groups is 1. The van der Waals surface area contributed by atoms with E-state index in [9.17, 15) is 4.79 Å². The van der Waals surface area contributed by atoms with Gasteiger partial charge in [0.2, 0.25) is 0 Å². The number of carbonyl (C=O) groups excluding carboxylic acids is 1. The van der Waals surface area contributed by atoms with Crippen molar-refractivity contribution in [3.8, 4) is 0 Å². The molecule has 2 aromatic carbocycles. The summed E-state index contributed by atoms with van der Waals surface area (Å²) >= 11 is 7.43. The molecule has 0 saturated carbocycles. The maximum Gasteiger partial charge on any atom is 0.255 e. The largest absolute Gasteiger partial charge is 0.379 e. The van der Waals surface area contributed by atoms with E-state index in [-0.39, 0.29) is 11.4 Å². The third-order valence-corrected chi connectivity index (χ3v) is 5.11. The Balaban J connectivity index is 1.75. The molecule has 24 heavy (non-hydrogen) atoms. The number of nitrogens with one attached hydrogen (secondary N) is 1. The van der Waals surface area contributed by atoms with Crippen molar-refractivity contribution in [1.29, 1.82) is 0 Å². The first kappa shape index (κ1) is 16.9. The molecule has 124 valence electrons. The average molecular weight is 360 g/mol. The molecule has 0 spiro atoms. The van der Waals surface area contributed by atoms with Crippen LogP contribution in [0.15, 0.2) is 53.5 Å². The quantitative estimate of drug-likeness (QED) is 0.860. The second kappa shape index (κ2) is 6.87. The predicted octanol–water partition coefficient (Wildman–Crippen LogP) is 4.26. The number of benzene rings is 2. The van der Waals surface area contributed by atoms with E-state index in [1.807, 2.05) is 24.3 Å². The maximum absolute atomic E-state index is 12.3. The van der Waals surface area contributed by atoms with Gasteiger partial charge in [0, 0.05) is 22.0 Å². The Labute approximate surface area is 150 Å². The fourth-order valence-corrected chi connectivity index (χ4v) is 3.71. The van der Waals surface area contributed by atoms with E-state index in [0.29, 0.717) is 21.4 Å². The lowest BCUT2D eigenvalue weighted by Crippen LogP contribution is -2.28. The van der Waals surface area contributed by atoms with Gasteiger partial charge in [0.05, 0.1) is 5.54 Å². The molecule has 4 nitrogen and oxygen atoms in total. The summed E-state index contributed by atoms with van der Waals surface area (Å²) < 4.78 is 0. The van der Waals surface area contributed by atoms with Crippen molar-refractivity contribution in [3.05, 3.63) is 64.7 Å². The van der Waals surface area contributed by atoms with Crippen LogP contribution in [0.1, 0.15) is 29.3 Å². The number of carbonyl (C=O) groups is 1. The number of thioether (sulfide) groups is 1. The number of halogens is 1. The highest BCUT2D eigenvalue weighted by atomic mass is 35.5. The van der Waals surface area contributed by atoms with Gasteiger partial charge in [-0.05, 0) is 55.3 Å². The first-order chi connectivity index (χ1) is 11.5. The number of aliphatic imine (C=N–C) groups is 1. The van der Waals surface area contributed by atoms with E-state index in [4.69, 9.17) is 17.3 Å². The van der Waals surface area contributed by atoms with Crippen LogP contribution in [0.25, 0.3) is 0 Å². The van der Waals surface area contributed by atoms with Crippen LogP contribution >= 0.6 is 23.4 Å². The molecule has 1 aliphatic rings. The van der Waals surface area contributed by atoms with Crippen molar-refractivity contribution in [2.75, 3.05) is 11.1 Å². The summed E-state index contributed by atoms with van der Waals surface area (Å²) in [6.45, 7) is 2.07. The zero-order valence-corrected chi connectivity index (χ0v) is 14.8. The summed E-state index contributed by atoms with van der Waals surface area (Å²) in [5.41, 5.74) is 7.91. The molecule has 6 heteroatoms. The van der Waals surface area contributed by atoms with Crippen molar-refractivity contribution in [3.63, 3.8) is 0 Å². The van der Waals surface area contributed by atoms with Crippen molar-refractivity contribution in [2.45, 2.75) is 18.9 Å². The fourth-order valence-electron chi connectivity index (χ4n) is 2.61. The highest BCUT2D eigenvalue weighted by molar-refractivity contribution is 8.13. The Bertz CT molecular complexity index is 774. The molecule has 0 bridgehead atoms. The topological polar surface area (TPSA) is 67.5 Å². The smallest absolute Gasteiger partial charge is 0.255 e. The molecule has 1 unspecified atom stereocenters. The molecule has 2 aromatic rings. The summed E-state index contributed by atoms with van der Waals surface area (Å²) in [6, 6.07) is 14.6. The van der Waals surface area contributed by atoms with Gasteiger partial charge in [0.15, 0.2) is 5.17 Å². The summed E-state index contributed by atoms with van der Waals surface area (Å²) in [6.07, 6.45) is 0.925. The van der Waals surface area contributed by atoms with Gasteiger partial charge in [0.1, 0.15) is 0 Å².